The number of nitrogens with zero attached hydrogens (tertiary/aromatic N) is 3. The van der Waals surface area contributed by atoms with Crippen molar-refractivity contribution in [1.82, 2.24) is 14.7 Å². The van der Waals surface area contributed by atoms with Crippen LogP contribution in [0.5, 0.6) is 0 Å². The molecule has 1 fully saturated rings. The summed E-state index contributed by atoms with van der Waals surface area (Å²) >= 11 is 0. The van der Waals surface area contributed by atoms with E-state index in [4.69, 9.17) is 4.42 Å². The number of hydrogen-bond donors (Lipinski definition) is 0. The number of rotatable bonds is 6. The van der Waals surface area contributed by atoms with Gasteiger partial charge in [0.15, 0.2) is 0 Å². The van der Waals surface area contributed by atoms with Crippen LogP contribution in [0.4, 0.5) is 4.39 Å². The molecule has 0 saturated carbocycles. The number of hydrogen-bond acceptors (Lipinski definition) is 4. The van der Waals surface area contributed by atoms with Gasteiger partial charge in [0.05, 0.1) is 12.1 Å². The van der Waals surface area contributed by atoms with Gasteiger partial charge in [-0.3, -0.25) is 14.5 Å². The second kappa shape index (κ2) is 9.69. The molecule has 1 saturated heterocycles. The SMILES string of the molecule is CN(C)C(=O)CN1CCCN(C(=O)CCc2ccc(-c3ccccc3F)o2)CC1. The van der Waals surface area contributed by atoms with Crippen LogP contribution in [0.3, 0.4) is 0 Å². The predicted octanol–water partition coefficient (Wildman–Crippen LogP) is 2.64. The molecule has 1 aliphatic heterocycles. The van der Waals surface area contributed by atoms with Gasteiger partial charge in [0, 0.05) is 53.1 Å². The van der Waals surface area contributed by atoms with Gasteiger partial charge in [0.25, 0.3) is 0 Å². The number of benzene rings is 1. The second-order valence-electron chi connectivity index (χ2n) is 7.54. The molecule has 0 aliphatic carbocycles. The third-order valence-corrected chi connectivity index (χ3v) is 5.19. The molecular weight excluding hydrogens is 373 g/mol. The van der Waals surface area contributed by atoms with E-state index < -0.39 is 0 Å². The maximum Gasteiger partial charge on any atom is 0.236 e. The van der Waals surface area contributed by atoms with E-state index in [0.717, 1.165) is 13.0 Å². The summed E-state index contributed by atoms with van der Waals surface area (Å²) in [6.07, 6.45) is 1.68. The van der Waals surface area contributed by atoms with Gasteiger partial charge in [-0.15, -0.1) is 0 Å². The molecule has 29 heavy (non-hydrogen) atoms. The van der Waals surface area contributed by atoms with Crippen LogP contribution >= 0.6 is 0 Å². The summed E-state index contributed by atoms with van der Waals surface area (Å²) < 4.78 is 19.6. The first-order valence-electron chi connectivity index (χ1n) is 9.98. The van der Waals surface area contributed by atoms with Crippen molar-refractivity contribution in [2.45, 2.75) is 19.3 Å². The van der Waals surface area contributed by atoms with Crippen molar-refractivity contribution in [3.8, 4) is 11.3 Å². The molecule has 0 N–H and O–H groups in total. The first-order chi connectivity index (χ1) is 13.9. The fourth-order valence-corrected chi connectivity index (χ4v) is 3.42. The van der Waals surface area contributed by atoms with Crippen LogP contribution in [0.25, 0.3) is 11.3 Å². The highest BCUT2D eigenvalue weighted by molar-refractivity contribution is 5.78. The molecule has 1 aromatic carbocycles. The predicted molar refractivity (Wildman–Crippen MR) is 109 cm³/mol. The molecule has 1 aromatic heterocycles. The van der Waals surface area contributed by atoms with Crippen LogP contribution in [0, 0.1) is 5.82 Å². The Morgan fingerprint density at radius 3 is 2.62 bits per heavy atom. The molecule has 156 valence electrons. The number of likely N-dealkylation sites (N-methyl/N-ethyl adjacent to an activating group) is 1. The molecular formula is C22H28FN3O3. The molecule has 0 spiro atoms. The minimum absolute atomic E-state index is 0.0771. The number of carbonyl (C=O) groups excluding carboxylic acids is 2. The number of carbonyl (C=O) groups is 2. The number of aryl methyl sites for hydroxylation is 1. The minimum Gasteiger partial charge on any atom is -0.461 e. The molecule has 0 radical (unpaired) electrons. The Hall–Kier alpha value is -2.67. The standard InChI is InChI=1S/C22H28FN3O3/c1-24(2)22(28)16-25-12-5-13-26(15-14-25)21(27)11-9-17-8-10-20(29-17)18-6-3-4-7-19(18)23/h3-4,6-8,10H,5,9,11-16H2,1-2H3. The Labute approximate surface area is 170 Å². The first-order valence-corrected chi connectivity index (χ1v) is 9.98. The summed E-state index contributed by atoms with van der Waals surface area (Å²) in [5.41, 5.74) is 0.421. The van der Waals surface area contributed by atoms with Gasteiger partial charge in [0.1, 0.15) is 17.3 Å². The van der Waals surface area contributed by atoms with Crippen molar-refractivity contribution in [3.63, 3.8) is 0 Å². The topological polar surface area (TPSA) is 57.0 Å². The second-order valence-corrected chi connectivity index (χ2v) is 7.54. The normalized spacial score (nSPS) is 15.2. The lowest BCUT2D eigenvalue weighted by atomic mass is 10.1. The van der Waals surface area contributed by atoms with Crippen LogP contribution in [-0.4, -0.2) is 73.3 Å². The van der Waals surface area contributed by atoms with Crippen molar-refractivity contribution < 1.29 is 18.4 Å². The zero-order valence-corrected chi connectivity index (χ0v) is 17.1. The Balaban J connectivity index is 1.50. The highest BCUT2D eigenvalue weighted by Crippen LogP contribution is 2.25. The van der Waals surface area contributed by atoms with E-state index >= 15 is 0 Å². The van der Waals surface area contributed by atoms with Crippen LogP contribution in [0.1, 0.15) is 18.6 Å². The molecule has 3 rings (SSSR count). The highest BCUT2D eigenvalue weighted by Gasteiger charge is 2.21. The fraction of sp³-hybridized carbons (Fsp3) is 0.455. The van der Waals surface area contributed by atoms with E-state index in [2.05, 4.69) is 4.90 Å². The van der Waals surface area contributed by atoms with E-state index in [1.807, 2.05) is 4.90 Å². The highest BCUT2D eigenvalue weighted by atomic mass is 19.1. The monoisotopic (exact) mass is 401 g/mol. The molecule has 2 aromatic rings. The molecule has 0 bridgehead atoms. The summed E-state index contributed by atoms with van der Waals surface area (Å²) in [5, 5.41) is 0. The molecule has 0 unspecified atom stereocenters. The maximum atomic E-state index is 13.9. The summed E-state index contributed by atoms with van der Waals surface area (Å²) in [5.74, 6) is 0.973. The number of amides is 2. The molecule has 1 aliphatic rings. The van der Waals surface area contributed by atoms with Crippen molar-refractivity contribution in [2.75, 3.05) is 46.8 Å². The summed E-state index contributed by atoms with van der Waals surface area (Å²) in [7, 11) is 3.50. The minimum atomic E-state index is -0.327. The molecule has 2 amide bonds. The average Bonchev–Trinajstić information content (AvgIpc) is 3.04. The summed E-state index contributed by atoms with van der Waals surface area (Å²) in [6.45, 7) is 3.22. The lowest BCUT2D eigenvalue weighted by Gasteiger charge is -2.22. The van der Waals surface area contributed by atoms with Gasteiger partial charge in [-0.05, 0) is 30.7 Å². The van der Waals surface area contributed by atoms with E-state index in [0.29, 0.717) is 56.1 Å². The molecule has 7 heteroatoms. The zero-order valence-electron chi connectivity index (χ0n) is 17.1. The first kappa shape index (κ1) is 21.0. The lowest BCUT2D eigenvalue weighted by Crippen LogP contribution is -2.39. The number of furan rings is 1. The third-order valence-electron chi connectivity index (χ3n) is 5.19. The Morgan fingerprint density at radius 1 is 1.07 bits per heavy atom. The van der Waals surface area contributed by atoms with Gasteiger partial charge in [-0.25, -0.2) is 4.39 Å². The Bertz CT molecular complexity index is 849. The molecule has 2 heterocycles. The Morgan fingerprint density at radius 2 is 1.86 bits per heavy atom. The smallest absolute Gasteiger partial charge is 0.236 e. The van der Waals surface area contributed by atoms with Crippen LogP contribution in [-0.2, 0) is 16.0 Å². The quantitative estimate of drug-likeness (QED) is 0.747. The third kappa shape index (κ3) is 5.67. The van der Waals surface area contributed by atoms with Crippen molar-refractivity contribution in [1.29, 1.82) is 0 Å². The van der Waals surface area contributed by atoms with Gasteiger partial charge in [0.2, 0.25) is 11.8 Å². The number of halogens is 1. The zero-order chi connectivity index (χ0) is 20.8. The van der Waals surface area contributed by atoms with E-state index in [-0.39, 0.29) is 17.6 Å². The Kier molecular flexibility index (Phi) is 7.04. The summed E-state index contributed by atoms with van der Waals surface area (Å²) in [4.78, 5) is 30.1. The lowest BCUT2D eigenvalue weighted by molar-refractivity contribution is -0.131. The van der Waals surface area contributed by atoms with Crippen molar-refractivity contribution in [2.24, 2.45) is 0 Å². The van der Waals surface area contributed by atoms with Crippen molar-refractivity contribution >= 4 is 11.8 Å². The maximum absolute atomic E-state index is 13.9. The van der Waals surface area contributed by atoms with Crippen LogP contribution < -0.4 is 0 Å². The van der Waals surface area contributed by atoms with E-state index in [1.165, 1.54) is 6.07 Å². The summed E-state index contributed by atoms with van der Waals surface area (Å²) in [6, 6.07) is 10.0. The van der Waals surface area contributed by atoms with Gasteiger partial charge >= 0.3 is 0 Å². The van der Waals surface area contributed by atoms with E-state index in [1.54, 1.807) is 49.3 Å². The van der Waals surface area contributed by atoms with E-state index in [9.17, 15) is 14.0 Å². The van der Waals surface area contributed by atoms with Gasteiger partial charge < -0.3 is 14.2 Å². The van der Waals surface area contributed by atoms with Crippen LogP contribution in [0.15, 0.2) is 40.8 Å². The van der Waals surface area contributed by atoms with Crippen molar-refractivity contribution in [3.05, 3.63) is 48.0 Å². The molecule has 0 atom stereocenters. The van der Waals surface area contributed by atoms with Gasteiger partial charge in [-0.2, -0.15) is 0 Å². The average molecular weight is 401 g/mol. The van der Waals surface area contributed by atoms with Gasteiger partial charge in [-0.1, -0.05) is 12.1 Å². The van der Waals surface area contributed by atoms with Crippen LogP contribution in [0.2, 0.25) is 0 Å². The largest absolute Gasteiger partial charge is 0.461 e. The fourth-order valence-electron chi connectivity index (χ4n) is 3.42. The molecule has 6 nitrogen and oxygen atoms in total.